The summed E-state index contributed by atoms with van der Waals surface area (Å²) in [6.07, 6.45) is 2.27. The topological polar surface area (TPSA) is 69.4 Å². The van der Waals surface area contributed by atoms with Crippen LogP contribution in [0.15, 0.2) is 52.9 Å². The van der Waals surface area contributed by atoms with Crippen LogP contribution in [0.1, 0.15) is 51.1 Å². The van der Waals surface area contributed by atoms with Gasteiger partial charge < -0.3 is 9.15 Å². The highest BCUT2D eigenvalue weighted by atomic mass is 16.5. The average molecular weight is 375 g/mol. The van der Waals surface area contributed by atoms with Crippen molar-refractivity contribution in [1.29, 1.82) is 0 Å². The predicted octanol–water partition coefficient (Wildman–Crippen LogP) is 4.57. The third kappa shape index (κ3) is 3.48. The van der Waals surface area contributed by atoms with E-state index in [9.17, 15) is 9.59 Å². The molecule has 28 heavy (non-hydrogen) atoms. The molecule has 0 bridgehead atoms. The van der Waals surface area contributed by atoms with Gasteiger partial charge in [0.1, 0.15) is 5.76 Å². The number of hydrogen-bond acceptors (Lipinski definition) is 5. The maximum absolute atomic E-state index is 12.7. The minimum Gasteiger partial charge on any atom is -0.449 e. The number of fused-ring (bicyclic) bond motifs is 1. The molecule has 4 rings (SSSR count). The molecule has 3 aromatic rings. The van der Waals surface area contributed by atoms with E-state index in [0.29, 0.717) is 17.2 Å². The number of oxazole rings is 1. The lowest BCUT2D eigenvalue weighted by molar-refractivity contribution is 0.0312. The summed E-state index contributed by atoms with van der Waals surface area (Å²) in [6, 6.07) is 15.0. The summed E-state index contributed by atoms with van der Waals surface area (Å²) in [7, 11) is 0. The number of hydrogen-bond donors (Lipinski definition) is 0. The summed E-state index contributed by atoms with van der Waals surface area (Å²) in [6.45, 7) is 3.24. The van der Waals surface area contributed by atoms with Crippen LogP contribution in [0, 0.1) is 6.92 Å². The van der Waals surface area contributed by atoms with E-state index < -0.39 is 12.1 Å². The Bertz CT molecular complexity index is 1040. The van der Waals surface area contributed by atoms with E-state index in [2.05, 4.69) is 4.98 Å². The molecule has 0 fully saturated rings. The monoisotopic (exact) mass is 375 g/mol. The van der Waals surface area contributed by atoms with E-state index in [-0.39, 0.29) is 11.5 Å². The Labute approximate surface area is 163 Å². The molecule has 0 saturated heterocycles. The highest BCUT2D eigenvalue weighted by Gasteiger charge is 2.25. The molecule has 2 aromatic carbocycles. The van der Waals surface area contributed by atoms with Crippen LogP contribution in [0.5, 0.6) is 0 Å². The number of ether oxygens (including phenoxy) is 1. The minimum atomic E-state index is -0.900. The van der Waals surface area contributed by atoms with E-state index in [1.807, 2.05) is 48.5 Å². The van der Waals surface area contributed by atoms with Crippen molar-refractivity contribution >= 4 is 11.8 Å². The zero-order valence-corrected chi connectivity index (χ0v) is 15.9. The van der Waals surface area contributed by atoms with Gasteiger partial charge in [0, 0.05) is 11.1 Å². The summed E-state index contributed by atoms with van der Waals surface area (Å²) >= 11 is 0. The van der Waals surface area contributed by atoms with Gasteiger partial charge in [-0.2, -0.15) is 0 Å². The third-order valence-electron chi connectivity index (χ3n) is 5.05. The van der Waals surface area contributed by atoms with Crippen molar-refractivity contribution in [2.45, 2.75) is 39.2 Å². The van der Waals surface area contributed by atoms with Gasteiger partial charge >= 0.3 is 5.97 Å². The van der Waals surface area contributed by atoms with Crippen molar-refractivity contribution in [1.82, 2.24) is 4.98 Å². The van der Waals surface area contributed by atoms with Crippen LogP contribution in [-0.4, -0.2) is 22.8 Å². The van der Waals surface area contributed by atoms with Crippen LogP contribution in [0.3, 0.4) is 0 Å². The van der Waals surface area contributed by atoms with Crippen LogP contribution >= 0.6 is 0 Å². The van der Waals surface area contributed by atoms with Gasteiger partial charge in [-0.3, -0.25) is 4.79 Å². The second-order valence-corrected chi connectivity index (χ2v) is 7.04. The number of esters is 1. The zero-order valence-electron chi connectivity index (χ0n) is 15.9. The largest absolute Gasteiger partial charge is 0.449 e. The van der Waals surface area contributed by atoms with Crippen molar-refractivity contribution in [3.8, 4) is 11.5 Å². The minimum absolute atomic E-state index is 0.0902. The average Bonchev–Trinajstić information content (AvgIpc) is 3.33. The Hall–Kier alpha value is -3.21. The SMILES string of the molecule is Cc1oc(-c2ccccc2)nc1C(=O)O[C@@H](C)C(=O)c1ccc2c(c1)CCC2. The van der Waals surface area contributed by atoms with Gasteiger partial charge in [0.15, 0.2) is 11.8 Å². The van der Waals surface area contributed by atoms with Crippen molar-refractivity contribution in [3.63, 3.8) is 0 Å². The van der Waals surface area contributed by atoms with Crippen molar-refractivity contribution in [3.05, 3.63) is 76.7 Å². The standard InChI is InChI=1S/C23H21NO4/c1-14-20(24-22(27-14)17-7-4-3-5-8-17)23(26)28-15(2)21(25)19-12-11-16-9-6-10-18(16)13-19/h3-5,7-8,11-13,15H,6,9-10H2,1-2H3/t15-/m0/s1. The molecule has 0 spiro atoms. The van der Waals surface area contributed by atoms with Gasteiger partial charge in [-0.05, 0) is 62.4 Å². The molecule has 0 radical (unpaired) electrons. The Morgan fingerprint density at radius 3 is 2.61 bits per heavy atom. The van der Waals surface area contributed by atoms with Crippen molar-refractivity contribution in [2.24, 2.45) is 0 Å². The number of aryl methyl sites for hydroxylation is 3. The first-order valence-electron chi connectivity index (χ1n) is 9.43. The van der Waals surface area contributed by atoms with Crippen LogP contribution in [0.4, 0.5) is 0 Å². The summed E-state index contributed by atoms with van der Waals surface area (Å²) in [4.78, 5) is 29.5. The smallest absolute Gasteiger partial charge is 0.361 e. The van der Waals surface area contributed by atoms with Crippen LogP contribution in [0.2, 0.25) is 0 Å². The van der Waals surface area contributed by atoms with Gasteiger partial charge in [-0.15, -0.1) is 0 Å². The van der Waals surface area contributed by atoms with Crippen molar-refractivity contribution in [2.75, 3.05) is 0 Å². The summed E-state index contributed by atoms with van der Waals surface area (Å²) in [5.74, 6) is -0.165. The number of nitrogens with zero attached hydrogens (tertiary/aromatic N) is 1. The molecular weight excluding hydrogens is 354 g/mol. The van der Waals surface area contributed by atoms with Gasteiger partial charge in [0.2, 0.25) is 11.7 Å². The fraction of sp³-hybridized carbons (Fsp3) is 0.261. The quantitative estimate of drug-likeness (QED) is 0.483. The number of aromatic nitrogens is 1. The number of benzene rings is 2. The highest BCUT2D eigenvalue weighted by Crippen LogP contribution is 2.25. The van der Waals surface area contributed by atoms with Gasteiger partial charge in [-0.1, -0.05) is 30.3 Å². The number of ketones is 1. The third-order valence-corrected chi connectivity index (χ3v) is 5.05. The Morgan fingerprint density at radius 2 is 1.82 bits per heavy atom. The molecule has 0 unspecified atom stereocenters. The lowest BCUT2D eigenvalue weighted by atomic mass is 10.0. The molecule has 1 heterocycles. The summed E-state index contributed by atoms with van der Waals surface area (Å²) < 4.78 is 11.0. The van der Waals surface area contributed by atoms with E-state index in [0.717, 1.165) is 24.8 Å². The lowest BCUT2D eigenvalue weighted by Crippen LogP contribution is -2.25. The second-order valence-electron chi connectivity index (χ2n) is 7.04. The van der Waals surface area contributed by atoms with E-state index in [1.165, 1.54) is 11.1 Å². The number of rotatable bonds is 5. The van der Waals surface area contributed by atoms with Crippen LogP contribution < -0.4 is 0 Å². The first-order chi connectivity index (χ1) is 13.5. The molecule has 1 aliphatic rings. The Kier molecular flexibility index (Phi) is 4.82. The lowest BCUT2D eigenvalue weighted by Gasteiger charge is -2.12. The molecule has 1 aliphatic carbocycles. The van der Waals surface area contributed by atoms with Gasteiger partial charge in [-0.25, -0.2) is 9.78 Å². The maximum Gasteiger partial charge on any atom is 0.361 e. The normalized spacial score (nSPS) is 13.8. The van der Waals surface area contributed by atoms with Crippen LogP contribution in [-0.2, 0) is 17.6 Å². The first kappa shape index (κ1) is 18.2. The molecular formula is C23H21NO4. The molecule has 0 amide bonds. The molecule has 1 aromatic heterocycles. The Balaban J connectivity index is 1.49. The summed E-state index contributed by atoms with van der Waals surface area (Å²) in [5, 5.41) is 0. The van der Waals surface area contributed by atoms with Crippen LogP contribution in [0.25, 0.3) is 11.5 Å². The maximum atomic E-state index is 12.7. The molecule has 5 heteroatoms. The molecule has 142 valence electrons. The highest BCUT2D eigenvalue weighted by molar-refractivity contribution is 6.01. The molecule has 0 saturated carbocycles. The fourth-order valence-electron chi connectivity index (χ4n) is 3.52. The predicted molar refractivity (Wildman–Crippen MR) is 104 cm³/mol. The van der Waals surface area contributed by atoms with E-state index in [1.54, 1.807) is 13.8 Å². The molecule has 5 nitrogen and oxygen atoms in total. The second kappa shape index (κ2) is 7.43. The zero-order chi connectivity index (χ0) is 19.7. The van der Waals surface area contributed by atoms with Gasteiger partial charge in [0.25, 0.3) is 0 Å². The Morgan fingerprint density at radius 1 is 1.07 bits per heavy atom. The first-order valence-corrected chi connectivity index (χ1v) is 9.43. The number of carbonyl (C=O) groups excluding carboxylic acids is 2. The van der Waals surface area contributed by atoms with E-state index >= 15 is 0 Å². The fourth-order valence-corrected chi connectivity index (χ4v) is 3.52. The molecule has 0 aliphatic heterocycles. The number of carbonyl (C=O) groups is 2. The number of Topliss-reactive ketones (excluding diaryl/α,β-unsaturated/α-hetero) is 1. The molecule has 0 N–H and O–H groups in total. The van der Waals surface area contributed by atoms with E-state index in [4.69, 9.17) is 9.15 Å². The molecule has 1 atom stereocenters. The van der Waals surface area contributed by atoms with Gasteiger partial charge in [0.05, 0.1) is 0 Å². The van der Waals surface area contributed by atoms with Crippen molar-refractivity contribution < 1.29 is 18.7 Å². The summed E-state index contributed by atoms with van der Waals surface area (Å²) in [5.41, 5.74) is 3.94.